The topological polar surface area (TPSA) is 81.6 Å². The highest BCUT2D eigenvalue weighted by molar-refractivity contribution is 5.94. The lowest BCUT2D eigenvalue weighted by Gasteiger charge is -2.24. The van der Waals surface area contributed by atoms with E-state index in [1.807, 2.05) is 24.5 Å². The van der Waals surface area contributed by atoms with Crippen molar-refractivity contribution in [3.05, 3.63) is 53.6 Å². The minimum atomic E-state index is -0.201. The Balaban J connectivity index is 2.04. The number of pyridine rings is 1. The van der Waals surface area contributed by atoms with Crippen LogP contribution < -0.4 is 5.32 Å². The van der Waals surface area contributed by atoms with Crippen molar-refractivity contribution in [2.24, 2.45) is 0 Å². The number of carbonyl (C=O) groups is 1. The molecular weight excluding hydrogens is 252 g/mol. The quantitative estimate of drug-likeness (QED) is 0.889. The van der Waals surface area contributed by atoms with E-state index in [9.17, 15) is 4.79 Å². The third kappa shape index (κ3) is 3.04. The third-order valence-corrected chi connectivity index (χ3v) is 3.21. The first-order chi connectivity index (χ1) is 9.53. The molecule has 20 heavy (non-hydrogen) atoms. The Labute approximate surface area is 117 Å². The summed E-state index contributed by atoms with van der Waals surface area (Å²) in [5.41, 5.74) is 1.65. The van der Waals surface area contributed by atoms with E-state index in [0.29, 0.717) is 12.1 Å². The molecule has 0 fully saturated rings. The van der Waals surface area contributed by atoms with E-state index in [2.05, 4.69) is 29.1 Å². The lowest BCUT2D eigenvalue weighted by molar-refractivity contribution is 0.0945. The van der Waals surface area contributed by atoms with Crippen molar-refractivity contribution in [2.45, 2.75) is 19.3 Å². The molecular formula is C15H16N4O. The highest BCUT2D eigenvalue weighted by Gasteiger charge is 2.22. The van der Waals surface area contributed by atoms with Crippen molar-refractivity contribution in [3.63, 3.8) is 0 Å². The van der Waals surface area contributed by atoms with Crippen LogP contribution in [0.2, 0.25) is 0 Å². The molecule has 0 unspecified atom stereocenters. The summed E-state index contributed by atoms with van der Waals surface area (Å²) in [5.74, 6) is -0.201. The van der Waals surface area contributed by atoms with Crippen molar-refractivity contribution in [1.82, 2.24) is 15.3 Å². The van der Waals surface area contributed by atoms with E-state index in [0.717, 1.165) is 5.56 Å². The lowest BCUT2D eigenvalue weighted by Crippen LogP contribution is -2.36. The number of hydrogen-bond acceptors (Lipinski definition) is 3. The molecule has 5 nitrogen and oxygen atoms in total. The van der Waals surface area contributed by atoms with Gasteiger partial charge in [0.25, 0.3) is 5.91 Å². The summed E-state index contributed by atoms with van der Waals surface area (Å²) < 4.78 is 0. The second-order valence-corrected chi connectivity index (χ2v) is 5.21. The SMILES string of the molecule is CC(C)(CNC(=O)c1ccnc(C#N)c1)c1cc[nH]c1. The molecule has 1 amide bonds. The zero-order valence-electron chi connectivity index (χ0n) is 11.5. The fourth-order valence-corrected chi connectivity index (χ4v) is 1.88. The molecule has 2 N–H and O–H groups in total. The molecule has 0 aliphatic carbocycles. The Morgan fingerprint density at radius 2 is 2.30 bits per heavy atom. The van der Waals surface area contributed by atoms with Crippen molar-refractivity contribution in [1.29, 1.82) is 5.26 Å². The van der Waals surface area contributed by atoms with Crippen LogP contribution in [-0.2, 0) is 5.41 Å². The van der Waals surface area contributed by atoms with Gasteiger partial charge in [-0.3, -0.25) is 4.79 Å². The van der Waals surface area contributed by atoms with Crippen molar-refractivity contribution in [2.75, 3.05) is 6.54 Å². The first kappa shape index (κ1) is 13.8. The standard InChI is InChI=1S/C15H16N4O/c1-15(2,12-4-5-17-9-12)10-19-14(20)11-3-6-18-13(7-11)8-16/h3-7,9,17H,10H2,1-2H3,(H,19,20). The maximum atomic E-state index is 12.1. The molecule has 0 saturated carbocycles. The average Bonchev–Trinajstić information content (AvgIpc) is 3.00. The maximum absolute atomic E-state index is 12.1. The third-order valence-electron chi connectivity index (χ3n) is 3.21. The van der Waals surface area contributed by atoms with Crippen molar-refractivity contribution in [3.8, 4) is 6.07 Å². The lowest BCUT2D eigenvalue weighted by atomic mass is 9.86. The van der Waals surface area contributed by atoms with Gasteiger partial charge in [0, 0.05) is 36.1 Å². The highest BCUT2D eigenvalue weighted by atomic mass is 16.1. The van der Waals surface area contributed by atoms with Gasteiger partial charge in [0.15, 0.2) is 0 Å². The minimum Gasteiger partial charge on any atom is -0.367 e. The number of carbonyl (C=O) groups excluding carboxylic acids is 1. The summed E-state index contributed by atoms with van der Waals surface area (Å²) in [7, 11) is 0. The van der Waals surface area contributed by atoms with Crippen LogP contribution in [0.15, 0.2) is 36.8 Å². The predicted molar refractivity (Wildman–Crippen MR) is 75.1 cm³/mol. The number of rotatable bonds is 4. The van der Waals surface area contributed by atoms with Crippen LogP contribution >= 0.6 is 0 Å². The molecule has 0 aliphatic heterocycles. The molecule has 0 spiro atoms. The van der Waals surface area contributed by atoms with E-state index in [4.69, 9.17) is 5.26 Å². The van der Waals surface area contributed by atoms with Crippen LogP contribution in [0.5, 0.6) is 0 Å². The smallest absolute Gasteiger partial charge is 0.251 e. The first-order valence-corrected chi connectivity index (χ1v) is 6.30. The molecule has 0 aromatic carbocycles. The van der Waals surface area contributed by atoms with E-state index in [-0.39, 0.29) is 17.0 Å². The molecule has 2 heterocycles. The van der Waals surface area contributed by atoms with Gasteiger partial charge in [-0.15, -0.1) is 0 Å². The Morgan fingerprint density at radius 3 is 2.95 bits per heavy atom. The van der Waals surface area contributed by atoms with Crippen LogP contribution in [0.4, 0.5) is 0 Å². The normalized spacial score (nSPS) is 10.8. The Hall–Kier alpha value is -2.61. The monoisotopic (exact) mass is 268 g/mol. The summed E-state index contributed by atoms with van der Waals surface area (Å²) in [6.07, 6.45) is 5.25. The van der Waals surface area contributed by atoms with Gasteiger partial charge in [-0.05, 0) is 23.8 Å². The largest absolute Gasteiger partial charge is 0.367 e. The van der Waals surface area contributed by atoms with Crippen LogP contribution in [0.25, 0.3) is 0 Å². The van der Waals surface area contributed by atoms with Crippen molar-refractivity contribution < 1.29 is 4.79 Å². The van der Waals surface area contributed by atoms with Crippen LogP contribution in [0.1, 0.15) is 35.5 Å². The van der Waals surface area contributed by atoms with Gasteiger partial charge in [0.1, 0.15) is 11.8 Å². The summed E-state index contributed by atoms with van der Waals surface area (Å²) in [5, 5.41) is 11.7. The number of H-pyrrole nitrogens is 1. The number of aromatic nitrogens is 2. The number of nitrogens with one attached hydrogen (secondary N) is 2. The Bertz CT molecular complexity index is 638. The van der Waals surface area contributed by atoms with E-state index >= 15 is 0 Å². The molecule has 0 atom stereocenters. The number of amides is 1. The van der Waals surface area contributed by atoms with Crippen LogP contribution in [0.3, 0.4) is 0 Å². The maximum Gasteiger partial charge on any atom is 0.251 e. The highest BCUT2D eigenvalue weighted by Crippen LogP contribution is 2.21. The van der Waals surface area contributed by atoms with Gasteiger partial charge >= 0.3 is 0 Å². The fourth-order valence-electron chi connectivity index (χ4n) is 1.88. The van der Waals surface area contributed by atoms with Gasteiger partial charge < -0.3 is 10.3 Å². The number of aromatic amines is 1. The Kier molecular flexibility index (Phi) is 3.85. The van der Waals surface area contributed by atoms with E-state index in [1.165, 1.54) is 12.3 Å². The molecule has 2 aromatic rings. The molecule has 2 aromatic heterocycles. The zero-order valence-corrected chi connectivity index (χ0v) is 11.5. The fraction of sp³-hybridized carbons (Fsp3) is 0.267. The van der Waals surface area contributed by atoms with Gasteiger partial charge in [-0.1, -0.05) is 13.8 Å². The van der Waals surface area contributed by atoms with Crippen molar-refractivity contribution >= 4 is 5.91 Å². The van der Waals surface area contributed by atoms with E-state index < -0.39 is 0 Å². The first-order valence-electron chi connectivity index (χ1n) is 6.30. The van der Waals surface area contributed by atoms with Gasteiger partial charge in [0.2, 0.25) is 0 Å². The predicted octanol–water partition coefficient (Wildman–Crippen LogP) is 1.99. The second kappa shape index (κ2) is 5.57. The zero-order chi connectivity index (χ0) is 14.6. The van der Waals surface area contributed by atoms with Gasteiger partial charge in [-0.25, -0.2) is 4.98 Å². The van der Waals surface area contributed by atoms with Gasteiger partial charge in [0.05, 0.1) is 0 Å². The summed E-state index contributed by atoms with van der Waals surface area (Å²) in [6.45, 7) is 4.63. The molecule has 0 saturated heterocycles. The van der Waals surface area contributed by atoms with Crippen LogP contribution in [0, 0.1) is 11.3 Å². The number of hydrogen-bond donors (Lipinski definition) is 2. The molecule has 0 bridgehead atoms. The molecule has 5 heteroatoms. The number of nitrogens with zero attached hydrogens (tertiary/aromatic N) is 2. The van der Waals surface area contributed by atoms with Crippen LogP contribution in [-0.4, -0.2) is 22.4 Å². The molecule has 0 aliphatic rings. The number of nitriles is 1. The second-order valence-electron chi connectivity index (χ2n) is 5.21. The summed E-state index contributed by atoms with van der Waals surface area (Å²) in [6, 6.07) is 7.00. The molecule has 102 valence electrons. The minimum absolute atomic E-state index is 0.166. The molecule has 0 radical (unpaired) electrons. The summed E-state index contributed by atoms with van der Waals surface area (Å²) in [4.78, 5) is 18.9. The molecule has 2 rings (SSSR count). The Morgan fingerprint density at radius 1 is 1.50 bits per heavy atom. The average molecular weight is 268 g/mol. The van der Waals surface area contributed by atoms with Gasteiger partial charge in [-0.2, -0.15) is 5.26 Å². The summed E-state index contributed by atoms with van der Waals surface area (Å²) >= 11 is 0. The van der Waals surface area contributed by atoms with E-state index in [1.54, 1.807) is 6.07 Å².